The van der Waals surface area contributed by atoms with Crippen molar-refractivity contribution < 1.29 is 33.4 Å². The molecule has 0 spiro atoms. The van der Waals surface area contributed by atoms with Gasteiger partial charge in [-0.2, -0.15) is 0 Å². The number of fused-ring (bicyclic) bond motifs is 2. The van der Waals surface area contributed by atoms with Crippen molar-refractivity contribution in [3.8, 4) is 0 Å². The highest BCUT2D eigenvalue weighted by Crippen LogP contribution is 2.28. The van der Waals surface area contributed by atoms with Gasteiger partial charge >= 0.3 is 18.0 Å². The monoisotopic (exact) mass is 728 g/mol. The summed E-state index contributed by atoms with van der Waals surface area (Å²) in [5.74, 6) is -1.70. The third kappa shape index (κ3) is 8.36. The topological polar surface area (TPSA) is 168 Å². The van der Waals surface area contributed by atoms with Crippen LogP contribution in [0.2, 0.25) is 0 Å². The lowest BCUT2D eigenvalue weighted by Gasteiger charge is -2.27. The van der Waals surface area contributed by atoms with E-state index in [-0.39, 0.29) is 32.4 Å². The second-order valence-corrected chi connectivity index (χ2v) is 13.2. The summed E-state index contributed by atoms with van der Waals surface area (Å²) in [6, 6.07) is 27.2. The molecule has 6 aromatic rings. The van der Waals surface area contributed by atoms with Crippen molar-refractivity contribution in [1.29, 1.82) is 0 Å². The van der Waals surface area contributed by atoms with E-state index in [9.17, 15) is 19.2 Å². The molecule has 0 bridgehead atoms. The molecule has 2 amide bonds. The quantitative estimate of drug-likeness (QED) is 0.0948. The summed E-state index contributed by atoms with van der Waals surface area (Å²) in [4.78, 5) is 66.5. The number of amides is 2. The first-order valence-corrected chi connectivity index (χ1v) is 17.7. The summed E-state index contributed by atoms with van der Waals surface area (Å²) in [5.41, 5.74) is 4.85. The van der Waals surface area contributed by atoms with Gasteiger partial charge in [0.25, 0.3) is 0 Å². The number of aromatic nitrogens is 3. The molecule has 54 heavy (non-hydrogen) atoms. The van der Waals surface area contributed by atoms with Crippen molar-refractivity contribution in [3.05, 3.63) is 132 Å². The van der Waals surface area contributed by atoms with E-state index in [0.717, 1.165) is 32.9 Å². The zero-order chi connectivity index (χ0) is 37.4. The average molecular weight is 729 g/mol. The van der Waals surface area contributed by atoms with Crippen LogP contribution in [0.4, 0.5) is 10.5 Å². The van der Waals surface area contributed by atoms with E-state index in [1.165, 1.54) is 7.11 Å². The SMILES string of the molecule is COC(=O)[C@H](Cc1c[nH]c2ccccc12)NC(=O)[C@@H]1C[C@@H](OC(=O)[C@H](Cc2cc3ccccc3[nH]2)NC(=O)OCc2ccccc2)CN1c1ccncc1. The van der Waals surface area contributed by atoms with Crippen LogP contribution in [0.5, 0.6) is 0 Å². The van der Waals surface area contributed by atoms with Crippen molar-refractivity contribution in [2.24, 2.45) is 0 Å². The van der Waals surface area contributed by atoms with Gasteiger partial charge in [-0.1, -0.05) is 66.7 Å². The highest BCUT2D eigenvalue weighted by molar-refractivity contribution is 5.91. The van der Waals surface area contributed by atoms with Crippen molar-refractivity contribution in [2.75, 3.05) is 18.6 Å². The van der Waals surface area contributed by atoms with E-state index in [2.05, 4.69) is 25.6 Å². The van der Waals surface area contributed by atoms with Gasteiger partial charge in [-0.3, -0.25) is 9.78 Å². The van der Waals surface area contributed by atoms with Gasteiger partial charge in [-0.15, -0.1) is 0 Å². The van der Waals surface area contributed by atoms with Gasteiger partial charge in [0.15, 0.2) is 0 Å². The molecule has 1 saturated heterocycles. The fraction of sp³-hybridized carbons (Fsp3) is 0.244. The molecule has 7 rings (SSSR count). The molecule has 1 aliphatic heterocycles. The molecule has 3 aromatic heterocycles. The van der Waals surface area contributed by atoms with Gasteiger partial charge in [0.05, 0.1) is 13.7 Å². The first-order chi connectivity index (χ1) is 26.3. The van der Waals surface area contributed by atoms with Crippen molar-refractivity contribution >= 4 is 51.4 Å². The number of carbonyl (C=O) groups excluding carboxylic acids is 4. The highest BCUT2D eigenvalue weighted by atomic mass is 16.6. The summed E-state index contributed by atoms with van der Waals surface area (Å²) in [7, 11) is 1.28. The number of nitrogens with zero attached hydrogens (tertiary/aromatic N) is 2. The fourth-order valence-corrected chi connectivity index (χ4v) is 6.89. The van der Waals surface area contributed by atoms with Gasteiger partial charge in [-0.05, 0) is 46.8 Å². The predicted octanol–water partition coefficient (Wildman–Crippen LogP) is 4.97. The van der Waals surface area contributed by atoms with Gasteiger partial charge in [-0.25, -0.2) is 14.4 Å². The van der Waals surface area contributed by atoms with E-state index in [1.54, 1.807) is 24.5 Å². The smallest absolute Gasteiger partial charge is 0.408 e. The number of benzene rings is 3. The number of alkyl carbamates (subject to hydrolysis) is 1. The lowest BCUT2D eigenvalue weighted by atomic mass is 10.0. The Morgan fingerprint density at radius 3 is 2.35 bits per heavy atom. The van der Waals surface area contributed by atoms with Crippen LogP contribution in [0, 0.1) is 0 Å². The number of anilines is 1. The molecule has 1 fully saturated rings. The molecular weight excluding hydrogens is 688 g/mol. The summed E-state index contributed by atoms with van der Waals surface area (Å²) in [5, 5.41) is 7.50. The minimum atomic E-state index is -1.11. The van der Waals surface area contributed by atoms with Crippen LogP contribution < -0.4 is 15.5 Å². The van der Waals surface area contributed by atoms with Crippen molar-refractivity contribution in [3.63, 3.8) is 0 Å². The Morgan fingerprint density at radius 2 is 1.57 bits per heavy atom. The number of hydrogen-bond donors (Lipinski definition) is 4. The van der Waals surface area contributed by atoms with Gasteiger partial charge in [0.2, 0.25) is 5.91 Å². The molecule has 0 radical (unpaired) electrons. The average Bonchev–Trinajstić information content (AvgIpc) is 3.94. The molecule has 276 valence electrons. The van der Waals surface area contributed by atoms with Crippen LogP contribution in [0.15, 0.2) is 116 Å². The fourth-order valence-electron chi connectivity index (χ4n) is 6.89. The number of hydrogen-bond acceptors (Lipinski definition) is 9. The number of nitrogens with one attached hydrogen (secondary N) is 4. The molecular formula is C41H40N6O7. The number of aromatic amines is 2. The second-order valence-electron chi connectivity index (χ2n) is 13.2. The highest BCUT2D eigenvalue weighted by Gasteiger charge is 2.41. The van der Waals surface area contributed by atoms with E-state index >= 15 is 0 Å². The van der Waals surface area contributed by atoms with Gasteiger partial charge in [0, 0.05) is 65.7 Å². The standard InChI is InChI=1S/C41H40N6O7/c1-52-39(49)35(20-28-23-43-34-14-8-6-12-32(28)34)45-38(48)37-22-31(24-47(37)30-15-17-42-18-16-30)54-40(50)36(21-29-19-27-11-5-7-13-33(27)44-29)46-41(51)53-25-26-9-3-2-4-10-26/h2-19,23,31,35-37,43-44H,20-22,24-25H2,1H3,(H,45,48)(H,46,51)/t31-,35+,36+,37+/m1/s1. The Morgan fingerprint density at radius 1 is 0.852 bits per heavy atom. The van der Waals surface area contributed by atoms with Gasteiger partial charge < -0.3 is 39.7 Å². The number of methoxy groups -OCH3 is 1. The normalized spacial score (nSPS) is 16.4. The number of rotatable bonds is 13. The maximum Gasteiger partial charge on any atom is 0.408 e. The van der Waals surface area contributed by atoms with Gasteiger partial charge in [0.1, 0.15) is 30.8 Å². The number of ether oxygens (including phenoxy) is 3. The number of H-pyrrole nitrogens is 2. The molecule has 3 aromatic carbocycles. The molecule has 0 saturated carbocycles. The molecule has 4 heterocycles. The maximum absolute atomic E-state index is 14.1. The summed E-state index contributed by atoms with van der Waals surface area (Å²) in [6.45, 7) is 0.199. The van der Waals surface area contributed by atoms with Crippen LogP contribution in [-0.2, 0) is 48.0 Å². The van der Waals surface area contributed by atoms with Crippen LogP contribution in [-0.4, -0.2) is 76.8 Å². The number of carbonyl (C=O) groups is 4. The Bertz CT molecular complexity index is 2210. The Balaban J connectivity index is 1.08. The lowest BCUT2D eigenvalue weighted by molar-refractivity contribution is -0.150. The van der Waals surface area contributed by atoms with E-state index < -0.39 is 48.2 Å². The summed E-state index contributed by atoms with van der Waals surface area (Å²) < 4.78 is 16.6. The zero-order valence-corrected chi connectivity index (χ0v) is 29.6. The van der Waals surface area contributed by atoms with Crippen LogP contribution in [0.1, 0.15) is 23.2 Å². The third-order valence-corrected chi connectivity index (χ3v) is 9.54. The molecule has 4 atom stereocenters. The first kappa shape index (κ1) is 35.8. The Kier molecular flexibility index (Phi) is 10.8. The Hall–Kier alpha value is -6.63. The summed E-state index contributed by atoms with van der Waals surface area (Å²) >= 11 is 0. The molecule has 13 nitrogen and oxygen atoms in total. The largest absolute Gasteiger partial charge is 0.467 e. The molecule has 0 unspecified atom stereocenters. The third-order valence-electron chi connectivity index (χ3n) is 9.54. The first-order valence-electron chi connectivity index (χ1n) is 17.7. The molecule has 0 aliphatic carbocycles. The maximum atomic E-state index is 14.1. The molecule has 1 aliphatic rings. The minimum absolute atomic E-state index is 0.0218. The lowest BCUT2D eigenvalue weighted by Crippen LogP contribution is -2.50. The molecule has 4 N–H and O–H groups in total. The minimum Gasteiger partial charge on any atom is -0.467 e. The van der Waals surface area contributed by atoms with Crippen molar-refractivity contribution in [2.45, 2.75) is 50.1 Å². The van der Waals surface area contributed by atoms with E-state index in [0.29, 0.717) is 11.4 Å². The van der Waals surface area contributed by atoms with Crippen LogP contribution in [0.3, 0.4) is 0 Å². The number of para-hydroxylation sites is 2. The van der Waals surface area contributed by atoms with Crippen LogP contribution >= 0.6 is 0 Å². The zero-order valence-electron chi connectivity index (χ0n) is 29.6. The Labute approximate surface area is 311 Å². The van der Waals surface area contributed by atoms with Crippen LogP contribution in [0.25, 0.3) is 21.8 Å². The number of pyridine rings is 1. The number of esters is 2. The van der Waals surface area contributed by atoms with Crippen molar-refractivity contribution in [1.82, 2.24) is 25.6 Å². The predicted molar refractivity (Wildman–Crippen MR) is 201 cm³/mol. The molecule has 13 heteroatoms. The summed E-state index contributed by atoms with van der Waals surface area (Å²) in [6.07, 6.45) is 3.95. The van der Waals surface area contributed by atoms with E-state index in [4.69, 9.17) is 14.2 Å². The van der Waals surface area contributed by atoms with E-state index in [1.807, 2.05) is 96.0 Å². The second kappa shape index (κ2) is 16.4.